The van der Waals surface area contributed by atoms with Crippen molar-refractivity contribution in [3.05, 3.63) is 81.8 Å². The lowest BCUT2D eigenvalue weighted by molar-refractivity contribution is 0.638. The van der Waals surface area contributed by atoms with Crippen LogP contribution in [0.4, 0.5) is 0 Å². The smallest absolute Gasteiger partial charge is 0.0727 e. The van der Waals surface area contributed by atoms with Crippen LogP contribution in [0.3, 0.4) is 0 Å². The Morgan fingerprint density at radius 1 is 0.952 bits per heavy atom. The van der Waals surface area contributed by atoms with Gasteiger partial charge < -0.3 is 0 Å². The summed E-state index contributed by atoms with van der Waals surface area (Å²) in [7, 11) is 0. The zero-order valence-electron chi connectivity index (χ0n) is 11.8. The third-order valence-electron chi connectivity index (χ3n) is 3.76. The van der Waals surface area contributed by atoms with E-state index in [2.05, 4.69) is 88.9 Å². The lowest BCUT2D eigenvalue weighted by Gasteiger charge is -2.20. The average Bonchev–Trinajstić information content (AvgIpc) is 2.51. The molecular weight excluding hydrogens is 324 g/mol. The van der Waals surface area contributed by atoms with Crippen molar-refractivity contribution in [2.75, 3.05) is 0 Å². The minimum absolute atomic E-state index is 0.0506. The maximum atomic E-state index is 5.88. The summed E-state index contributed by atoms with van der Waals surface area (Å²) in [5.41, 5.74) is 6.51. The molecule has 0 amide bonds. The maximum absolute atomic E-state index is 5.88. The Hall–Kier alpha value is -1.68. The summed E-state index contributed by atoms with van der Waals surface area (Å²) in [6, 6.07) is 21.0. The Kier molecular flexibility index (Phi) is 4.06. The van der Waals surface area contributed by atoms with E-state index in [9.17, 15) is 0 Å². The number of fused-ring (bicyclic) bond motifs is 1. The summed E-state index contributed by atoms with van der Waals surface area (Å²) in [4.78, 5) is 0. The van der Waals surface area contributed by atoms with Crippen molar-refractivity contribution < 1.29 is 0 Å². The molecule has 0 spiro atoms. The second kappa shape index (κ2) is 5.98. The molecule has 3 heteroatoms. The van der Waals surface area contributed by atoms with Crippen LogP contribution >= 0.6 is 15.9 Å². The monoisotopic (exact) mass is 340 g/mol. The molecule has 0 bridgehead atoms. The molecule has 0 fully saturated rings. The molecule has 0 aromatic heterocycles. The van der Waals surface area contributed by atoms with Crippen molar-refractivity contribution in [3.8, 4) is 0 Å². The largest absolute Gasteiger partial charge is 0.271 e. The molecule has 21 heavy (non-hydrogen) atoms. The van der Waals surface area contributed by atoms with Gasteiger partial charge in [-0.15, -0.1) is 0 Å². The topological polar surface area (TPSA) is 38.0 Å². The van der Waals surface area contributed by atoms with E-state index >= 15 is 0 Å². The number of hydrazine groups is 1. The van der Waals surface area contributed by atoms with E-state index < -0.39 is 0 Å². The van der Waals surface area contributed by atoms with Crippen LogP contribution in [0.2, 0.25) is 0 Å². The van der Waals surface area contributed by atoms with E-state index in [1.165, 1.54) is 21.9 Å². The summed E-state index contributed by atoms with van der Waals surface area (Å²) < 4.78 is 1.06. The number of rotatable bonds is 3. The number of hydrogen-bond acceptors (Lipinski definition) is 2. The maximum Gasteiger partial charge on any atom is 0.0727 e. The quantitative estimate of drug-likeness (QED) is 0.545. The summed E-state index contributed by atoms with van der Waals surface area (Å²) in [6.45, 7) is 2.09. The number of nitrogens with one attached hydrogen (secondary N) is 1. The SMILES string of the molecule is Cc1ccc(Br)c(C(NN)c2cccc3ccccc23)c1. The van der Waals surface area contributed by atoms with Gasteiger partial charge in [0.2, 0.25) is 0 Å². The van der Waals surface area contributed by atoms with Gasteiger partial charge in [0.1, 0.15) is 0 Å². The van der Waals surface area contributed by atoms with E-state index in [4.69, 9.17) is 5.84 Å². The summed E-state index contributed by atoms with van der Waals surface area (Å²) in [5, 5.41) is 2.44. The fourth-order valence-corrected chi connectivity index (χ4v) is 3.21. The van der Waals surface area contributed by atoms with Crippen molar-refractivity contribution in [2.24, 2.45) is 5.84 Å². The highest BCUT2D eigenvalue weighted by Gasteiger charge is 2.17. The van der Waals surface area contributed by atoms with Crippen LogP contribution < -0.4 is 11.3 Å². The second-order valence-electron chi connectivity index (χ2n) is 5.19. The van der Waals surface area contributed by atoms with Crippen LogP contribution in [0, 0.1) is 6.92 Å². The first-order chi connectivity index (χ1) is 10.2. The zero-order valence-corrected chi connectivity index (χ0v) is 13.4. The minimum Gasteiger partial charge on any atom is -0.271 e. The minimum atomic E-state index is -0.0506. The summed E-state index contributed by atoms with van der Waals surface area (Å²) in [5.74, 6) is 5.88. The first kappa shape index (κ1) is 14.3. The predicted molar refractivity (Wildman–Crippen MR) is 92.0 cm³/mol. The van der Waals surface area contributed by atoms with Crippen molar-refractivity contribution in [1.29, 1.82) is 0 Å². The Morgan fingerprint density at radius 3 is 2.52 bits per heavy atom. The van der Waals surface area contributed by atoms with Crippen LogP contribution in [-0.4, -0.2) is 0 Å². The molecule has 0 aliphatic rings. The van der Waals surface area contributed by atoms with Crippen LogP contribution in [-0.2, 0) is 0 Å². The second-order valence-corrected chi connectivity index (χ2v) is 6.05. The van der Waals surface area contributed by atoms with Crippen molar-refractivity contribution in [1.82, 2.24) is 5.43 Å². The summed E-state index contributed by atoms with van der Waals surface area (Å²) >= 11 is 3.64. The molecule has 3 N–H and O–H groups in total. The van der Waals surface area contributed by atoms with Crippen molar-refractivity contribution in [2.45, 2.75) is 13.0 Å². The van der Waals surface area contributed by atoms with Crippen molar-refractivity contribution in [3.63, 3.8) is 0 Å². The summed E-state index contributed by atoms with van der Waals surface area (Å²) in [6.07, 6.45) is 0. The van der Waals surface area contributed by atoms with Crippen LogP contribution in [0.15, 0.2) is 65.1 Å². The molecule has 2 nitrogen and oxygen atoms in total. The normalized spacial score (nSPS) is 12.5. The highest BCUT2D eigenvalue weighted by atomic mass is 79.9. The highest BCUT2D eigenvalue weighted by Crippen LogP contribution is 2.32. The Labute approximate surface area is 133 Å². The van der Waals surface area contributed by atoms with Gasteiger partial charge in [0, 0.05) is 4.47 Å². The van der Waals surface area contributed by atoms with Gasteiger partial charge in [-0.25, -0.2) is 5.43 Å². The number of benzene rings is 3. The molecule has 0 saturated carbocycles. The Bertz CT molecular complexity index is 778. The average molecular weight is 341 g/mol. The van der Waals surface area contributed by atoms with Crippen LogP contribution in [0.5, 0.6) is 0 Å². The molecular formula is C18H17BrN2. The number of halogens is 1. The molecule has 3 aromatic rings. The molecule has 1 unspecified atom stereocenters. The molecule has 1 atom stereocenters. The van der Waals surface area contributed by atoms with E-state index in [1.54, 1.807) is 0 Å². The number of nitrogens with two attached hydrogens (primary N) is 1. The first-order valence-corrected chi connectivity index (χ1v) is 7.70. The molecule has 0 aliphatic carbocycles. The number of hydrogen-bond donors (Lipinski definition) is 2. The molecule has 0 heterocycles. The van der Waals surface area contributed by atoms with Gasteiger partial charge in [-0.3, -0.25) is 5.84 Å². The molecule has 3 rings (SSSR count). The Balaban J connectivity index is 2.21. The molecule has 106 valence electrons. The van der Waals surface area contributed by atoms with Gasteiger partial charge in [0.25, 0.3) is 0 Å². The first-order valence-electron chi connectivity index (χ1n) is 6.90. The molecule has 3 aromatic carbocycles. The standard InChI is InChI=1S/C18H17BrN2/c1-12-9-10-17(19)16(11-12)18(21-20)15-8-4-6-13-5-2-3-7-14(13)15/h2-11,18,21H,20H2,1H3. The van der Waals surface area contributed by atoms with Gasteiger partial charge >= 0.3 is 0 Å². The van der Waals surface area contributed by atoms with Gasteiger partial charge in [-0.05, 0) is 34.9 Å². The third kappa shape index (κ3) is 2.72. The van der Waals surface area contributed by atoms with Crippen LogP contribution in [0.25, 0.3) is 10.8 Å². The fourth-order valence-electron chi connectivity index (χ4n) is 2.73. The highest BCUT2D eigenvalue weighted by molar-refractivity contribution is 9.10. The van der Waals surface area contributed by atoms with Gasteiger partial charge in [-0.2, -0.15) is 0 Å². The van der Waals surface area contributed by atoms with Crippen molar-refractivity contribution >= 4 is 26.7 Å². The van der Waals surface area contributed by atoms with E-state index in [1.807, 2.05) is 0 Å². The van der Waals surface area contributed by atoms with Gasteiger partial charge in [0.05, 0.1) is 6.04 Å². The molecule has 0 radical (unpaired) electrons. The van der Waals surface area contributed by atoms with E-state index in [-0.39, 0.29) is 6.04 Å². The zero-order chi connectivity index (χ0) is 14.8. The van der Waals surface area contributed by atoms with Gasteiger partial charge in [0.15, 0.2) is 0 Å². The molecule has 0 saturated heterocycles. The lowest BCUT2D eigenvalue weighted by atomic mass is 9.93. The lowest BCUT2D eigenvalue weighted by Crippen LogP contribution is -2.29. The predicted octanol–water partition coefficient (Wildman–Crippen LogP) is 4.46. The fraction of sp³-hybridized carbons (Fsp3) is 0.111. The molecule has 0 aliphatic heterocycles. The van der Waals surface area contributed by atoms with E-state index in [0.29, 0.717) is 0 Å². The third-order valence-corrected chi connectivity index (χ3v) is 4.49. The Morgan fingerprint density at radius 2 is 1.71 bits per heavy atom. The van der Waals surface area contributed by atoms with E-state index in [0.717, 1.165) is 10.0 Å². The van der Waals surface area contributed by atoms with Crippen LogP contribution in [0.1, 0.15) is 22.7 Å². The number of aryl methyl sites for hydroxylation is 1. The van der Waals surface area contributed by atoms with Gasteiger partial charge in [-0.1, -0.05) is 76.1 Å².